The lowest BCUT2D eigenvalue weighted by Crippen LogP contribution is -3.22. The average Bonchev–Trinajstić information content (AvgIpc) is 2.39. The maximum atomic E-state index is 2.42. The van der Waals surface area contributed by atoms with E-state index in [0.29, 0.717) is 0 Å². The summed E-state index contributed by atoms with van der Waals surface area (Å²) >= 11 is 0. The van der Waals surface area contributed by atoms with Gasteiger partial charge >= 0.3 is 0 Å². The van der Waals surface area contributed by atoms with Crippen molar-refractivity contribution in [3.8, 4) is 0 Å². The molecule has 2 N–H and O–H groups in total. The van der Waals surface area contributed by atoms with E-state index in [1.165, 1.54) is 64.7 Å². The topological polar surface area (TPSA) is 8.88 Å². The summed E-state index contributed by atoms with van der Waals surface area (Å²) in [7, 11) is 0. The Hall–Kier alpha value is -0.0800. The molecule has 2 heterocycles. The van der Waals surface area contributed by atoms with Gasteiger partial charge in [0.05, 0.1) is 38.3 Å². The Morgan fingerprint density at radius 3 is 2.19 bits per heavy atom. The zero-order valence-electron chi connectivity index (χ0n) is 11.2. The molecule has 0 unspecified atom stereocenters. The molecule has 2 nitrogen and oxygen atoms in total. The van der Waals surface area contributed by atoms with Crippen molar-refractivity contribution in [2.75, 3.05) is 26.2 Å². The van der Waals surface area contributed by atoms with Gasteiger partial charge in [0.1, 0.15) is 0 Å². The van der Waals surface area contributed by atoms with E-state index in [2.05, 4.69) is 13.8 Å². The molecule has 94 valence electrons. The zero-order chi connectivity index (χ0) is 11.4. The molecule has 0 amide bonds. The number of hydrogen-bond donors (Lipinski definition) is 2. The largest absolute Gasteiger partial charge is 0.332 e. The molecule has 2 rings (SSSR count). The monoisotopic (exact) mass is 226 g/mol. The number of rotatable bonds is 3. The molecule has 0 saturated carbocycles. The van der Waals surface area contributed by atoms with Crippen molar-refractivity contribution in [1.29, 1.82) is 0 Å². The van der Waals surface area contributed by atoms with Gasteiger partial charge in [0, 0.05) is 12.8 Å². The highest BCUT2D eigenvalue weighted by molar-refractivity contribution is 4.63. The van der Waals surface area contributed by atoms with Crippen molar-refractivity contribution < 1.29 is 9.80 Å². The normalized spacial score (nSPS) is 34.9. The fourth-order valence-electron chi connectivity index (χ4n) is 3.59. The molecular weight excluding hydrogens is 196 g/mol. The Labute approximate surface area is 101 Å². The first-order chi connectivity index (χ1) is 7.81. The van der Waals surface area contributed by atoms with Gasteiger partial charge in [0.2, 0.25) is 0 Å². The maximum absolute atomic E-state index is 2.42. The van der Waals surface area contributed by atoms with Crippen molar-refractivity contribution in [2.45, 2.75) is 64.5 Å². The first-order valence-electron chi connectivity index (χ1n) is 7.50. The molecule has 0 aromatic heterocycles. The molecule has 0 bridgehead atoms. The number of piperidine rings is 2. The van der Waals surface area contributed by atoms with E-state index >= 15 is 0 Å². The zero-order valence-corrected chi connectivity index (χ0v) is 11.2. The van der Waals surface area contributed by atoms with E-state index in [9.17, 15) is 0 Å². The van der Waals surface area contributed by atoms with Crippen molar-refractivity contribution in [3.63, 3.8) is 0 Å². The van der Waals surface area contributed by atoms with Crippen LogP contribution >= 0.6 is 0 Å². The van der Waals surface area contributed by atoms with Crippen molar-refractivity contribution in [3.05, 3.63) is 0 Å². The summed E-state index contributed by atoms with van der Waals surface area (Å²) in [4.78, 5) is 3.81. The summed E-state index contributed by atoms with van der Waals surface area (Å²) in [5.41, 5.74) is 0. The van der Waals surface area contributed by atoms with Crippen LogP contribution in [0.3, 0.4) is 0 Å². The average molecular weight is 226 g/mol. The minimum absolute atomic E-state index is 0.886. The highest BCUT2D eigenvalue weighted by Gasteiger charge is 2.31. The van der Waals surface area contributed by atoms with Crippen LogP contribution in [-0.4, -0.2) is 38.3 Å². The van der Waals surface area contributed by atoms with Gasteiger partial charge in [-0.3, -0.25) is 0 Å². The van der Waals surface area contributed by atoms with Crippen LogP contribution in [0.2, 0.25) is 0 Å². The summed E-state index contributed by atoms with van der Waals surface area (Å²) in [6.45, 7) is 10.5. The third kappa shape index (κ3) is 2.98. The summed E-state index contributed by atoms with van der Waals surface area (Å²) in [5.74, 6) is 0. The fraction of sp³-hybridized carbons (Fsp3) is 1.00. The maximum Gasteiger partial charge on any atom is 0.0983 e. The van der Waals surface area contributed by atoms with Gasteiger partial charge in [-0.1, -0.05) is 6.92 Å². The van der Waals surface area contributed by atoms with Crippen molar-refractivity contribution in [2.24, 2.45) is 0 Å². The number of likely N-dealkylation sites (tertiary alicyclic amines) is 2. The van der Waals surface area contributed by atoms with Crippen LogP contribution in [0.5, 0.6) is 0 Å². The van der Waals surface area contributed by atoms with Crippen LogP contribution in [0.25, 0.3) is 0 Å². The lowest BCUT2D eigenvalue weighted by atomic mass is 9.98. The molecule has 0 aromatic carbocycles. The van der Waals surface area contributed by atoms with Crippen LogP contribution in [0.4, 0.5) is 0 Å². The third-order valence-electron chi connectivity index (χ3n) is 5.01. The Kier molecular flexibility index (Phi) is 4.66. The molecule has 0 aromatic rings. The molecule has 0 spiro atoms. The molecule has 2 saturated heterocycles. The highest BCUT2D eigenvalue weighted by Crippen LogP contribution is 2.02. The third-order valence-corrected chi connectivity index (χ3v) is 5.01. The van der Waals surface area contributed by atoms with E-state index < -0.39 is 0 Å². The second kappa shape index (κ2) is 6.02. The van der Waals surface area contributed by atoms with E-state index in [0.717, 1.165) is 12.1 Å². The number of quaternary nitrogens is 2. The molecule has 2 aliphatic rings. The standard InChI is InChI=1S/C14H28N2/c1-3-13(2)15-11-7-14(8-12-15)16-9-5-4-6-10-16/h13-14H,3-12H2,1-2H3/p+2/t13-/m1/s1. The molecule has 2 aliphatic heterocycles. The lowest BCUT2D eigenvalue weighted by Gasteiger charge is -2.37. The summed E-state index contributed by atoms with van der Waals surface area (Å²) in [6.07, 6.45) is 8.75. The van der Waals surface area contributed by atoms with Crippen LogP contribution < -0.4 is 9.80 Å². The Bertz CT molecular complexity index is 191. The van der Waals surface area contributed by atoms with Crippen molar-refractivity contribution >= 4 is 0 Å². The van der Waals surface area contributed by atoms with Gasteiger partial charge in [-0.15, -0.1) is 0 Å². The van der Waals surface area contributed by atoms with Gasteiger partial charge < -0.3 is 9.80 Å². The van der Waals surface area contributed by atoms with E-state index in [-0.39, 0.29) is 0 Å². The Morgan fingerprint density at radius 2 is 1.62 bits per heavy atom. The quantitative estimate of drug-likeness (QED) is 0.665. The second-order valence-corrected chi connectivity index (χ2v) is 5.96. The summed E-state index contributed by atoms with van der Waals surface area (Å²) in [6, 6.07) is 1.89. The van der Waals surface area contributed by atoms with Gasteiger partial charge in [-0.25, -0.2) is 0 Å². The lowest BCUT2D eigenvalue weighted by molar-refractivity contribution is -0.969. The molecule has 0 aliphatic carbocycles. The molecule has 1 atom stereocenters. The van der Waals surface area contributed by atoms with Crippen LogP contribution in [0.15, 0.2) is 0 Å². The van der Waals surface area contributed by atoms with Crippen molar-refractivity contribution in [1.82, 2.24) is 0 Å². The van der Waals surface area contributed by atoms with Crippen LogP contribution in [-0.2, 0) is 0 Å². The molecule has 2 fully saturated rings. The number of nitrogens with one attached hydrogen (secondary N) is 2. The second-order valence-electron chi connectivity index (χ2n) is 5.96. The van der Waals surface area contributed by atoms with E-state index in [1.807, 2.05) is 9.80 Å². The van der Waals surface area contributed by atoms with E-state index in [4.69, 9.17) is 0 Å². The Balaban J connectivity index is 1.75. The SMILES string of the molecule is CC[C@@H](C)[NH+]1CCC([NH+]2CCCCC2)CC1. The molecule has 16 heavy (non-hydrogen) atoms. The van der Waals surface area contributed by atoms with Gasteiger partial charge in [0.25, 0.3) is 0 Å². The first-order valence-corrected chi connectivity index (χ1v) is 7.50. The van der Waals surface area contributed by atoms with Gasteiger partial charge in [-0.05, 0) is 32.6 Å². The minimum Gasteiger partial charge on any atom is -0.332 e. The highest BCUT2D eigenvalue weighted by atomic mass is 15.2. The smallest absolute Gasteiger partial charge is 0.0983 e. The number of hydrogen-bond acceptors (Lipinski definition) is 0. The van der Waals surface area contributed by atoms with Crippen LogP contribution in [0.1, 0.15) is 52.4 Å². The molecule has 0 radical (unpaired) electrons. The van der Waals surface area contributed by atoms with Gasteiger partial charge in [-0.2, -0.15) is 0 Å². The summed E-state index contributed by atoms with van der Waals surface area (Å²) in [5, 5.41) is 0. The predicted octanol–water partition coefficient (Wildman–Crippen LogP) is -0.0990. The fourth-order valence-corrected chi connectivity index (χ4v) is 3.59. The predicted molar refractivity (Wildman–Crippen MR) is 68.0 cm³/mol. The minimum atomic E-state index is 0.886. The van der Waals surface area contributed by atoms with Gasteiger partial charge in [0.15, 0.2) is 0 Å². The van der Waals surface area contributed by atoms with E-state index in [1.54, 1.807) is 0 Å². The van der Waals surface area contributed by atoms with Crippen LogP contribution in [0, 0.1) is 0 Å². The molecular formula is C14H30N2+2. The summed E-state index contributed by atoms with van der Waals surface area (Å²) < 4.78 is 0. The first kappa shape index (κ1) is 12.4. The molecule has 2 heteroatoms. The Morgan fingerprint density at radius 1 is 1.00 bits per heavy atom.